The van der Waals surface area contributed by atoms with E-state index in [1.807, 2.05) is 48.5 Å². The molecule has 11 nitrogen and oxygen atoms in total. The number of fused-ring (bicyclic) bond motifs is 3. The minimum absolute atomic E-state index is 0.0459. The van der Waals surface area contributed by atoms with Gasteiger partial charge >= 0.3 is 12.1 Å². The maximum atomic E-state index is 12.4. The van der Waals surface area contributed by atoms with Gasteiger partial charge in [-0.3, -0.25) is 10.1 Å². The molecule has 170 valence electrons. The summed E-state index contributed by atoms with van der Waals surface area (Å²) in [5, 5.41) is 29.4. The standard InChI is InChI=1S/C22H20N4O7/c27-10-9-17(21(29)30)23-20(28)18-19(26-33-25-18)24-22(31)32-11-16-14-7-3-1-5-12(14)13-6-2-4-8-15(13)16/h1-8,16-17,27H,9-11H2,(H,23,28)(H,29,30)(H,24,26,31)/t17-/m1/s1. The van der Waals surface area contributed by atoms with Crippen molar-refractivity contribution in [2.24, 2.45) is 0 Å². The van der Waals surface area contributed by atoms with Crippen LogP contribution in [0.2, 0.25) is 0 Å². The van der Waals surface area contributed by atoms with Crippen LogP contribution in [0.1, 0.15) is 34.0 Å². The van der Waals surface area contributed by atoms with Gasteiger partial charge in [0.25, 0.3) is 5.91 Å². The topological polar surface area (TPSA) is 164 Å². The normalized spacial score (nSPS) is 13.0. The average Bonchev–Trinajstić information content (AvgIpc) is 3.40. The van der Waals surface area contributed by atoms with Crippen LogP contribution in [0.5, 0.6) is 0 Å². The molecule has 3 aromatic rings. The molecule has 0 bridgehead atoms. The van der Waals surface area contributed by atoms with E-state index in [4.69, 9.17) is 14.9 Å². The van der Waals surface area contributed by atoms with E-state index in [2.05, 4.69) is 25.6 Å². The zero-order valence-corrected chi connectivity index (χ0v) is 17.2. The highest BCUT2D eigenvalue weighted by atomic mass is 16.6. The number of ether oxygens (including phenoxy) is 1. The van der Waals surface area contributed by atoms with Crippen LogP contribution in [0.15, 0.2) is 53.2 Å². The van der Waals surface area contributed by atoms with E-state index in [1.54, 1.807) is 0 Å². The van der Waals surface area contributed by atoms with Gasteiger partial charge in [0.15, 0.2) is 0 Å². The Balaban J connectivity index is 1.41. The fourth-order valence-electron chi connectivity index (χ4n) is 3.76. The Morgan fingerprint density at radius 2 is 1.67 bits per heavy atom. The van der Waals surface area contributed by atoms with Gasteiger partial charge in [-0.25, -0.2) is 14.2 Å². The molecule has 1 aliphatic carbocycles. The first kappa shape index (κ1) is 22.0. The molecule has 0 fully saturated rings. The molecular weight excluding hydrogens is 432 g/mol. The molecule has 33 heavy (non-hydrogen) atoms. The molecule has 1 aliphatic rings. The second-order valence-electron chi connectivity index (χ2n) is 7.29. The Bertz CT molecular complexity index is 1150. The molecule has 1 atom stereocenters. The summed E-state index contributed by atoms with van der Waals surface area (Å²) < 4.78 is 9.90. The number of rotatable bonds is 8. The van der Waals surface area contributed by atoms with Crippen LogP contribution in [0.25, 0.3) is 11.1 Å². The molecule has 0 saturated carbocycles. The molecule has 4 N–H and O–H groups in total. The van der Waals surface area contributed by atoms with E-state index >= 15 is 0 Å². The Morgan fingerprint density at radius 3 is 2.27 bits per heavy atom. The van der Waals surface area contributed by atoms with Crippen molar-refractivity contribution in [3.05, 3.63) is 65.4 Å². The van der Waals surface area contributed by atoms with Gasteiger partial charge < -0.3 is 20.3 Å². The van der Waals surface area contributed by atoms with Crippen LogP contribution in [-0.4, -0.2) is 57.8 Å². The molecule has 0 radical (unpaired) electrons. The van der Waals surface area contributed by atoms with E-state index in [-0.39, 0.29) is 24.8 Å². The van der Waals surface area contributed by atoms with Crippen LogP contribution < -0.4 is 10.6 Å². The first-order valence-corrected chi connectivity index (χ1v) is 10.1. The molecule has 4 rings (SSSR count). The number of aromatic nitrogens is 2. The van der Waals surface area contributed by atoms with Crippen molar-refractivity contribution in [1.29, 1.82) is 0 Å². The molecule has 0 saturated heterocycles. The lowest BCUT2D eigenvalue weighted by Gasteiger charge is -2.14. The summed E-state index contributed by atoms with van der Waals surface area (Å²) >= 11 is 0. The number of hydrogen-bond acceptors (Lipinski definition) is 8. The maximum Gasteiger partial charge on any atom is 0.412 e. The van der Waals surface area contributed by atoms with Crippen LogP contribution in [0.4, 0.5) is 10.6 Å². The minimum atomic E-state index is -1.35. The summed E-state index contributed by atoms with van der Waals surface area (Å²) in [7, 11) is 0. The van der Waals surface area contributed by atoms with Gasteiger partial charge in [0, 0.05) is 18.9 Å². The molecule has 1 heterocycles. The van der Waals surface area contributed by atoms with Crippen LogP contribution in [0.3, 0.4) is 0 Å². The van der Waals surface area contributed by atoms with Gasteiger partial charge in [0.05, 0.1) is 0 Å². The zero-order chi connectivity index (χ0) is 23.4. The number of carboxylic acid groups (broad SMARTS) is 1. The molecule has 0 aliphatic heterocycles. The van der Waals surface area contributed by atoms with Gasteiger partial charge in [-0.1, -0.05) is 48.5 Å². The van der Waals surface area contributed by atoms with E-state index in [0.29, 0.717) is 0 Å². The van der Waals surface area contributed by atoms with Crippen molar-refractivity contribution in [1.82, 2.24) is 15.6 Å². The Morgan fingerprint density at radius 1 is 1.03 bits per heavy atom. The van der Waals surface area contributed by atoms with Crippen molar-refractivity contribution < 1.29 is 34.0 Å². The fraction of sp³-hybridized carbons (Fsp3) is 0.227. The number of amides is 2. The van der Waals surface area contributed by atoms with Crippen molar-refractivity contribution in [3.8, 4) is 11.1 Å². The predicted molar refractivity (Wildman–Crippen MR) is 114 cm³/mol. The number of nitrogens with one attached hydrogen (secondary N) is 2. The van der Waals surface area contributed by atoms with Gasteiger partial charge in [0.2, 0.25) is 11.5 Å². The van der Waals surface area contributed by atoms with Crippen molar-refractivity contribution in [2.75, 3.05) is 18.5 Å². The highest BCUT2D eigenvalue weighted by Gasteiger charge is 2.30. The highest BCUT2D eigenvalue weighted by Crippen LogP contribution is 2.44. The number of aliphatic hydroxyl groups excluding tert-OH is 1. The Kier molecular flexibility index (Phi) is 6.31. The number of carbonyl (C=O) groups is 3. The van der Waals surface area contributed by atoms with E-state index in [1.165, 1.54) is 0 Å². The van der Waals surface area contributed by atoms with Gasteiger partial charge in [-0.05, 0) is 32.6 Å². The third kappa shape index (κ3) is 4.53. The fourth-order valence-corrected chi connectivity index (χ4v) is 3.76. The molecule has 2 aromatic carbocycles. The molecule has 11 heteroatoms. The molecule has 0 unspecified atom stereocenters. The monoisotopic (exact) mass is 452 g/mol. The van der Waals surface area contributed by atoms with Crippen molar-refractivity contribution in [2.45, 2.75) is 18.4 Å². The third-order valence-corrected chi connectivity index (χ3v) is 5.29. The van der Waals surface area contributed by atoms with E-state index in [9.17, 15) is 14.4 Å². The summed E-state index contributed by atoms with van der Waals surface area (Å²) in [4.78, 5) is 35.9. The summed E-state index contributed by atoms with van der Waals surface area (Å²) in [6, 6.07) is 14.4. The summed E-state index contributed by atoms with van der Waals surface area (Å²) in [6.07, 6.45) is -1.09. The van der Waals surface area contributed by atoms with E-state index < -0.39 is 36.3 Å². The minimum Gasteiger partial charge on any atom is -0.480 e. The number of anilines is 1. The highest BCUT2D eigenvalue weighted by molar-refractivity contribution is 6.01. The Hall–Kier alpha value is -4.25. The van der Waals surface area contributed by atoms with Crippen LogP contribution in [0, 0.1) is 0 Å². The number of carbonyl (C=O) groups excluding carboxylic acids is 2. The van der Waals surface area contributed by atoms with Crippen molar-refractivity contribution >= 4 is 23.8 Å². The summed E-state index contributed by atoms with van der Waals surface area (Å²) in [6.45, 7) is -0.399. The number of nitrogens with zero attached hydrogens (tertiary/aromatic N) is 2. The van der Waals surface area contributed by atoms with Gasteiger partial charge in [-0.15, -0.1) is 0 Å². The molecule has 1 aromatic heterocycles. The average molecular weight is 452 g/mol. The van der Waals surface area contributed by atoms with Gasteiger partial charge in [-0.2, -0.15) is 0 Å². The number of aliphatic carboxylic acids is 1. The largest absolute Gasteiger partial charge is 0.480 e. The van der Waals surface area contributed by atoms with Crippen LogP contribution >= 0.6 is 0 Å². The third-order valence-electron chi connectivity index (χ3n) is 5.29. The second kappa shape index (κ2) is 9.49. The van der Waals surface area contributed by atoms with E-state index in [0.717, 1.165) is 22.3 Å². The lowest BCUT2D eigenvalue weighted by molar-refractivity contribution is -0.139. The predicted octanol–water partition coefficient (Wildman–Crippen LogP) is 2.00. The molecular formula is C22H20N4O7. The smallest absolute Gasteiger partial charge is 0.412 e. The maximum absolute atomic E-state index is 12.4. The van der Waals surface area contributed by atoms with Crippen molar-refractivity contribution in [3.63, 3.8) is 0 Å². The molecule has 0 spiro atoms. The first-order chi connectivity index (χ1) is 16.0. The summed E-state index contributed by atoms with van der Waals surface area (Å²) in [5.74, 6) is -2.75. The number of aliphatic hydroxyl groups is 1. The lowest BCUT2D eigenvalue weighted by atomic mass is 9.98. The number of benzene rings is 2. The SMILES string of the molecule is O=C(Nc1nonc1C(=O)N[C@H](CCO)C(=O)O)OCC1c2ccccc2-c2ccccc21. The molecule has 2 amide bonds. The quantitative estimate of drug-likeness (QED) is 0.400. The van der Waals surface area contributed by atoms with Gasteiger partial charge in [0.1, 0.15) is 12.6 Å². The Labute approximate surface area is 187 Å². The van der Waals surface area contributed by atoms with Crippen LogP contribution in [-0.2, 0) is 9.53 Å². The zero-order valence-electron chi connectivity index (χ0n) is 17.2. The first-order valence-electron chi connectivity index (χ1n) is 10.1. The lowest BCUT2D eigenvalue weighted by Crippen LogP contribution is -2.41. The number of hydrogen-bond donors (Lipinski definition) is 4. The number of carboxylic acids is 1. The second-order valence-corrected chi connectivity index (χ2v) is 7.29. The summed E-state index contributed by atoms with van der Waals surface area (Å²) in [5.41, 5.74) is 3.82.